The van der Waals surface area contributed by atoms with E-state index in [1.165, 1.54) is 40.0 Å². The van der Waals surface area contributed by atoms with Gasteiger partial charge in [0.1, 0.15) is 11.8 Å². The summed E-state index contributed by atoms with van der Waals surface area (Å²) in [7, 11) is 3.85. The maximum absolute atomic E-state index is 10.9. The number of carbonyl (C=O) groups excluding carboxylic acids is 4. The number of methoxy groups -OCH3 is 3. The molecule has 0 bridgehead atoms. The van der Waals surface area contributed by atoms with E-state index in [0.29, 0.717) is 0 Å². The fourth-order valence-electron chi connectivity index (χ4n) is 0.898. The van der Waals surface area contributed by atoms with Crippen molar-refractivity contribution in [2.75, 3.05) is 34.1 Å². The third-order valence-electron chi connectivity index (χ3n) is 2.04. The van der Waals surface area contributed by atoms with Gasteiger partial charge in [-0.05, 0) is 6.26 Å². The van der Waals surface area contributed by atoms with Gasteiger partial charge in [-0.3, -0.25) is 19.2 Å². The first-order valence-electron chi connectivity index (χ1n) is 5.81. The summed E-state index contributed by atoms with van der Waals surface area (Å²) in [5.74, 6) is -1.47. The predicted octanol–water partition coefficient (Wildman–Crippen LogP) is -0.250. The topological polar surface area (TPSA) is 108 Å². The van der Waals surface area contributed by atoms with Crippen LogP contribution in [0.25, 0.3) is 0 Å². The maximum atomic E-state index is 10.9. The van der Waals surface area contributed by atoms with Gasteiger partial charge in [-0.15, -0.1) is 11.8 Å². The number of rotatable bonds is 6. The average molecular weight is 323 g/mol. The maximum Gasteiger partial charge on any atom is 0.325 e. The zero-order valence-corrected chi connectivity index (χ0v) is 13.6. The molecule has 122 valence electrons. The standard InChI is InChI=1S/C7H12O4S.C5H9NO3/c1-10-6(8)4-5(12-3)7(9)11-2;1-4(7)6-3-5(8)9-2/h5H,4H2,1-3H3;3H2,1-2H3,(H,6,7). The number of thioether (sulfide) groups is 1. The summed E-state index contributed by atoms with van der Waals surface area (Å²) in [4.78, 5) is 42.1. The summed E-state index contributed by atoms with van der Waals surface area (Å²) in [5.41, 5.74) is 0. The summed E-state index contributed by atoms with van der Waals surface area (Å²) in [6.45, 7) is 1.29. The van der Waals surface area contributed by atoms with Crippen LogP contribution in [0.1, 0.15) is 13.3 Å². The van der Waals surface area contributed by atoms with Crippen LogP contribution in [0.3, 0.4) is 0 Å². The first-order chi connectivity index (χ1) is 9.81. The van der Waals surface area contributed by atoms with Crippen LogP contribution in [0, 0.1) is 0 Å². The molecule has 0 saturated carbocycles. The largest absolute Gasteiger partial charge is 0.469 e. The Morgan fingerprint density at radius 3 is 1.86 bits per heavy atom. The molecule has 0 aromatic carbocycles. The van der Waals surface area contributed by atoms with Crippen molar-refractivity contribution >= 4 is 35.6 Å². The number of nitrogens with one attached hydrogen (secondary N) is 1. The lowest BCUT2D eigenvalue weighted by molar-refractivity contribution is -0.146. The van der Waals surface area contributed by atoms with Crippen LogP contribution < -0.4 is 5.32 Å². The molecule has 8 nitrogen and oxygen atoms in total. The summed E-state index contributed by atoms with van der Waals surface area (Å²) >= 11 is 1.27. The Morgan fingerprint density at radius 1 is 1.00 bits per heavy atom. The van der Waals surface area contributed by atoms with Gasteiger partial charge in [0, 0.05) is 6.92 Å². The van der Waals surface area contributed by atoms with Crippen molar-refractivity contribution in [3.63, 3.8) is 0 Å². The number of ether oxygens (including phenoxy) is 3. The lowest BCUT2D eigenvalue weighted by atomic mass is 10.3. The Kier molecular flexibility index (Phi) is 13.6. The van der Waals surface area contributed by atoms with Crippen LogP contribution in [0.15, 0.2) is 0 Å². The quantitative estimate of drug-likeness (QED) is 0.526. The highest BCUT2D eigenvalue weighted by Gasteiger charge is 2.21. The molecule has 0 saturated heterocycles. The second-order valence-corrected chi connectivity index (χ2v) is 4.55. The Morgan fingerprint density at radius 2 is 1.52 bits per heavy atom. The number of hydrogen-bond acceptors (Lipinski definition) is 8. The molecule has 1 amide bonds. The fraction of sp³-hybridized carbons (Fsp3) is 0.667. The van der Waals surface area contributed by atoms with Crippen molar-refractivity contribution in [1.29, 1.82) is 0 Å². The molecule has 21 heavy (non-hydrogen) atoms. The molecule has 1 atom stereocenters. The number of amides is 1. The molecule has 0 heterocycles. The molecule has 0 radical (unpaired) electrons. The van der Waals surface area contributed by atoms with E-state index in [9.17, 15) is 19.2 Å². The van der Waals surface area contributed by atoms with E-state index in [1.54, 1.807) is 6.26 Å². The Balaban J connectivity index is 0. The SMILES string of the molecule is COC(=O)CC(SC)C(=O)OC.COC(=O)CNC(C)=O. The normalized spacial score (nSPS) is 10.3. The van der Waals surface area contributed by atoms with E-state index < -0.39 is 23.2 Å². The number of hydrogen-bond donors (Lipinski definition) is 1. The third-order valence-corrected chi connectivity index (χ3v) is 2.97. The molecule has 1 N–H and O–H groups in total. The van der Waals surface area contributed by atoms with Crippen molar-refractivity contribution in [2.45, 2.75) is 18.6 Å². The van der Waals surface area contributed by atoms with Crippen LogP contribution in [0.4, 0.5) is 0 Å². The van der Waals surface area contributed by atoms with Gasteiger partial charge in [-0.2, -0.15) is 0 Å². The monoisotopic (exact) mass is 323 g/mol. The minimum absolute atomic E-state index is 0.0498. The smallest absolute Gasteiger partial charge is 0.325 e. The van der Waals surface area contributed by atoms with Gasteiger partial charge in [0.05, 0.1) is 27.8 Å². The molecule has 0 aliphatic carbocycles. The van der Waals surface area contributed by atoms with Crippen LogP contribution in [-0.2, 0) is 33.4 Å². The Labute approximate surface area is 127 Å². The van der Waals surface area contributed by atoms with E-state index in [-0.39, 0.29) is 18.9 Å². The van der Waals surface area contributed by atoms with Crippen molar-refractivity contribution < 1.29 is 33.4 Å². The zero-order chi connectivity index (χ0) is 16.8. The first-order valence-corrected chi connectivity index (χ1v) is 7.09. The predicted molar refractivity (Wildman–Crippen MR) is 76.7 cm³/mol. The van der Waals surface area contributed by atoms with Gasteiger partial charge in [-0.25, -0.2) is 0 Å². The highest BCUT2D eigenvalue weighted by Crippen LogP contribution is 2.12. The Bertz CT molecular complexity index is 360. The summed E-state index contributed by atoms with van der Waals surface area (Å²) in [6, 6.07) is 0. The van der Waals surface area contributed by atoms with Gasteiger partial charge in [0.15, 0.2) is 0 Å². The molecule has 0 aromatic rings. The molecule has 0 aliphatic rings. The highest BCUT2D eigenvalue weighted by molar-refractivity contribution is 7.99. The molecule has 0 fully saturated rings. The average Bonchev–Trinajstić information content (AvgIpc) is 2.49. The van der Waals surface area contributed by atoms with Gasteiger partial charge in [0.2, 0.25) is 5.91 Å². The van der Waals surface area contributed by atoms with E-state index in [0.717, 1.165) is 0 Å². The number of carbonyl (C=O) groups is 4. The van der Waals surface area contributed by atoms with Crippen molar-refractivity contribution in [1.82, 2.24) is 5.32 Å². The lowest BCUT2D eigenvalue weighted by Gasteiger charge is -2.09. The molecular weight excluding hydrogens is 302 g/mol. The highest BCUT2D eigenvalue weighted by atomic mass is 32.2. The van der Waals surface area contributed by atoms with E-state index >= 15 is 0 Å². The molecular formula is C12H21NO7S. The van der Waals surface area contributed by atoms with Crippen LogP contribution in [-0.4, -0.2) is 63.2 Å². The molecule has 0 aliphatic heterocycles. The van der Waals surface area contributed by atoms with Gasteiger partial charge >= 0.3 is 17.9 Å². The molecule has 0 rings (SSSR count). The zero-order valence-electron chi connectivity index (χ0n) is 12.8. The molecule has 9 heteroatoms. The second kappa shape index (κ2) is 13.2. The van der Waals surface area contributed by atoms with Gasteiger partial charge < -0.3 is 19.5 Å². The minimum Gasteiger partial charge on any atom is -0.469 e. The van der Waals surface area contributed by atoms with Crippen LogP contribution in [0.2, 0.25) is 0 Å². The molecule has 0 spiro atoms. The van der Waals surface area contributed by atoms with E-state index in [4.69, 9.17) is 0 Å². The molecule has 0 aromatic heterocycles. The summed E-state index contributed by atoms with van der Waals surface area (Å²) in [5, 5.41) is 1.83. The van der Waals surface area contributed by atoms with Crippen molar-refractivity contribution in [3.8, 4) is 0 Å². The van der Waals surface area contributed by atoms with Crippen LogP contribution >= 0.6 is 11.8 Å². The van der Waals surface area contributed by atoms with E-state index in [1.807, 2.05) is 0 Å². The summed E-state index contributed by atoms with van der Waals surface area (Å²) < 4.78 is 13.1. The van der Waals surface area contributed by atoms with Gasteiger partial charge in [-0.1, -0.05) is 0 Å². The van der Waals surface area contributed by atoms with Crippen molar-refractivity contribution in [3.05, 3.63) is 0 Å². The minimum atomic E-state index is -0.456. The van der Waals surface area contributed by atoms with Crippen molar-refractivity contribution in [2.24, 2.45) is 0 Å². The molecule has 1 unspecified atom stereocenters. The Hall–Kier alpha value is -1.77. The van der Waals surface area contributed by atoms with Gasteiger partial charge in [0.25, 0.3) is 0 Å². The lowest BCUT2D eigenvalue weighted by Crippen LogP contribution is -2.27. The van der Waals surface area contributed by atoms with Crippen LogP contribution in [0.5, 0.6) is 0 Å². The number of esters is 3. The fourth-order valence-corrected chi connectivity index (χ4v) is 1.49. The third kappa shape index (κ3) is 13.0. The van der Waals surface area contributed by atoms with E-state index in [2.05, 4.69) is 19.5 Å². The first kappa shape index (κ1) is 21.5. The summed E-state index contributed by atoms with van der Waals surface area (Å²) in [6.07, 6.45) is 1.80. The second-order valence-electron chi connectivity index (χ2n) is 3.51.